The van der Waals surface area contributed by atoms with E-state index in [0.29, 0.717) is 12.0 Å². The molecule has 154 valence electrons. The standard InChI is InChI=1S/C13H15FN2.C9H13N3O/c1-4-10-5-6-11(7-13(10)14)12-8-15-16(3)9(12)2;10-3-4-11-9(13)8-6-1-2-7(5-6)12-8/h5-8H,4H2,1-3H3;6-8,12H,1-2,4-5H2,(H,11,13)/t;6?,7-,8+/m.1/s1. The Balaban J connectivity index is 0.000000169. The molecule has 1 saturated carbocycles. The molecular weight excluding hydrogens is 369 g/mol. The van der Waals surface area contributed by atoms with Crippen LogP contribution < -0.4 is 10.6 Å². The number of amides is 1. The van der Waals surface area contributed by atoms with Crippen LogP contribution in [-0.4, -0.2) is 34.3 Å². The number of hydrogen-bond acceptors (Lipinski definition) is 4. The van der Waals surface area contributed by atoms with Gasteiger partial charge in [0.2, 0.25) is 5.91 Å². The van der Waals surface area contributed by atoms with Gasteiger partial charge in [-0.2, -0.15) is 10.4 Å². The van der Waals surface area contributed by atoms with E-state index in [1.54, 1.807) is 16.9 Å². The number of fused-ring (bicyclic) bond motifs is 2. The fourth-order valence-electron chi connectivity index (χ4n) is 4.17. The van der Waals surface area contributed by atoms with Gasteiger partial charge in [-0.05, 0) is 55.7 Å². The molecule has 1 aliphatic carbocycles. The number of halogens is 1. The zero-order valence-corrected chi connectivity index (χ0v) is 17.2. The normalized spacial score (nSPS) is 22.0. The number of benzene rings is 1. The van der Waals surface area contributed by atoms with Crippen LogP contribution in [-0.2, 0) is 18.3 Å². The van der Waals surface area contributed by atoms with E-state index < -0.39 is 0 Å². The van der Waals surface area contributed by atoms with Gasteiger partial charge in [-0.15, -0.1) is 0 Å². The number of aromatic nitrogens is 2. The molecule has 1 unspecified atom stereocenters. The molecule has 4 rings (SSSR count). The van der Waals surface area contributed by atoms with Gasteiger partial charge < -0.3 is 10.6 Å². The molecule has 0 radical (unpaired) electrons. The molecule has 2 bridgehead atoms. The monoisotopic (exact) mass is 397 g/mol. The van der Waals surface area contributed by atoms with Gasteiger partial charge in [-0.1, -0.05) is 19.1 Å². The Morgan fingerprint density at radius 1 is 1.45 bits per heavy atom. The van der Waals surface area contributed by atoms with Crippen LogP contribution >= 0.6 is 0 Å². The van der Waals surface area contributed by atoms with Crippen LogP contribution in [0.5, 0.6) is 0 Å². The molecule has 2 fully saturated rings. The number of carbonyl (C=O) groups is 1. The van der Waals surface area contributed by atoms with E-state index in [0.717, 1.165) is 41.6 Å². The molecule has 6 nitrogen and oxygen atoms in total. The van der Waals surface area contributed by atoms with Crippen LogP contribution in [0.4, 0.5) is 4.39 Å². The van der Waals surface area contributed by atoms with E-state index in [9.17, 15) is 9.18 Å². The van der Waals surface area contributed by atoms with E-state index >= 15 is 0 Å². The number of piperidine rings is 1. The van der Waals surface area contributed by atoms with Gasteiger partial charge in [0.25, 0.3) is 0 Å². The fraction of sp³-hybridized carbons (Fsp3) is 0.500. The molecule has 3 atom stereocenters. The first kappa shape index (κ1) is 21.0. The SMILES string of the molecule is CCc1ccc(-c2cnn(C)c2C)cc1F.N#CCNC(=O)[C@H]1N[C@@H]2CCC1C2. The van der Waals surface area contributed by atoms with E-state index in [-0.39, 0.29) is 24.3 Å². The van der Waals surface area contributed by atoms with Crippen LogP contribution in [0.15, 0.2) is 24.4 Å². The van der Waals surface area contributed by atoms with Crippen LogP contribution in [0.1, 0.15) is 37.4 Å². The second-order valence-corrected chi connectivity index (χ2v) is 7.72. The van der Waals surface area contributed by atoms with Gasteiger partial charge in [0.05, 0.1) is 18.3 Å². The first-order valence-electron chi connectivity index (χ1n) is 10.1. The van der Waals surface area contributed by atoms with Crippen molar-refractivity contribution in [3.05, 3.63) is 41.5 Å². The third kappa shape index (κ3) is 4.65. The number of hydrogen-bond donors (Lipinski definition) is 2. The number of nitrogens with zero attached hydrogens (tertiary/aromatic N) is 3. The second kappa shape index (κ2) is 9.19. The second-order valence-electron chi connectivity index (χ2n) is 7.72. The van der Waals surface area contributed by atoms with Crippen molar-refractivity contribution < 1.29 is 9.18 Å². The maximum absolute atomic E-state index is 13.6. The quantitative estimate of drug-likeness (QED) is 0.777. The predicted molar refractivity (Wildman–Crippen MR) is 109 cm³/mol. The molecule has 0 spiro atoms. The van der Waals surface area contributed by atoms with Crippen molar-refractivity contribution >= 4 is 5.91 Å². The summed E-state index contributed by atoms with van der Waals surface area (Å²) >= 11 is 0. The predicted octanol–water partition coefficient (Wildman–Crippen LogP) is 2.86. The number of nitriles is 1. The molecule has 29 heavy (non-hydrogen) atoms. The van der Waals surface area contributed by atoms with Crippen molar-refractivity contribution in [2.45, 2.75) is 51.6 Å². The summed E-state index contributed by atoms with van der Waals surface area (Å²) < 4.78 is 15.4. The van der Waals surface area contributed by atoms with Crippen molar-refractivity contribution in [1.82, 2.24) is 20.4 Å². The summed E-state index contributed by atoms with van der Waals surface area (Å²) in [5.41, 5.74) is 3.68. The van der Waals surface area contributed by atoms with Crippen LogP contribution in [0.2, 0.25) is 0 Å². The third-order valence-electron chi connectivity index (χ3n) is 5.96. The molecule has 1 aromatic heterocycles. The van der Waals surface area contributed by atoms with Crippen LogP contribution in [0, 0.1) is 30.0 Å². The molecule has 2 aliphatic rings. The third-order valence-corrected chi connectivity index (χ3v) is 5.96. The number of aryl methyl sites for hydroxylation is 2. The minimum Gasteiger partial charge on any atom is -0.342 e. The average molecular weight is 397 g/mol. The van der Waals surface area contributed by atoms with Crippen LogP contribution in [0.25, 0.3) is 11.1 Å². The Morgan fingerprint density at radius 2 is 2.24 bits per heavy atom. The zero-order chi connectivity index (χ0) is 21.0. The molecule has 7 heteroatoms. The Kier molecular flexibility index (Phi) is 6.65. The summed E-state index contributed by atoms with van der Waals surface area (Å²) in [6, 6.07) is 7.80. The smallest absolute Gasteiger partial charge is 0.238 e. The van der Waals surface area contributed by atoms with E-state index in [2.05, 4.69) is 15.7 Å². The van der Waals surface area contributed by atoms with E-state index in [1.807, 2.05) is 39.1 Å². The lowest BCUT2D eigenvalue weighted by Gasteiger charge is -2.21. The van der Waals surface area contributed by atoms with Gasteiger partial charge in [0.1, 0.15) is 12.4 Å². The molecule has 1 saturated heterocycles. The molecule has 2 aromatic rings. The number of nitrogens with one attached hydrogen (secondary N) is 2. The molecule has 1 amide bonds. The highest BCUT2D eigenvalue weighted by atomic mass is 19.1. The Hall–Kier alpha value is -2.72. The topological polar surface area (TPSA) is 82.7 Å². The first-order valence-corrected chi connectivity index (χ1v) is 10.1. The van der Waals surface area contributed by atoms with Crippen molar-refractivity contribution in [2.24, 2.45) is 13.0 Å². The highest BCUT2D eigenvalue weighted by Crippen LogP contribution is 2.35. The zero-order valence-electron chi connectivity index (χ0n) is 17.2. The summed E-state index contributed by atoms with van der Waals surface area (Å²) in [7, 11) is 1.88. The largest absolute Gasteiger partial charge is 0.342 e. The Morgan fingerprint density at radius 3 is 2.76 bits per heavy atom. The van der Waals surface area contributed by atoms with Crippen molar-refractivity contribution in [1.29, 1.82) is 5.26 Å². The molecule has 2 heterocycles. The van der Waals surface area contributed by atoms with Gasteiger partial charge >= 0.3 is 0 Å². The van der Waals surface area contributed by atoms with Crippen LogP contribution in [0.3, 0.4) is 0 Å². The summed E-state index contributed by atoms with van der Waals surface area (Å²) in [6.07, 6.45) is 5.98. The van der Waals surface area contributed by atoms with Crippen molar-refractivity contribution in [3.63, 3.8) is 0 Å². The molecule has 1 aromatic carbocycles. The average Bonchev–Trinajstić information content (AvgIpc) is 3.44. The van der Waals surface area contributed by atoms with E-state index in [1.165, 1.54) is 6.42 Å². The minimum atomic E-state index is -0.136. The Bertz CT molecular complexity index is 916. The maximum atomic E-state index is 13.6. The van der Waals surface area contributed by atoms with Gasteiger partial charge in [0, 0.05) is 24.3 Å². The number of rotatable bonds is 4. The minimum absolute atomic E-state index is 0.00579. The summed E-state index contributed by atoms with van der Waals surface area (Å²) in [5, 5.41) is 18.3. The van der Waals surface area contributed by atoms with Crippen molar-refractivity contribution in [3.8, 4) is 17.2 Å². The van der Waals surface area contributed by atoms with E-state index in [4.69, 9.17) is 5.26 Å². The van der Waals surface area contributed by atoms with Gasteiger partial charge in [-0.3, -0.25) is 9.48 Å². The highest BCUT2D eigenvalue weighted by Gasteiger charge is 2.42. The lowest BCUT2D eigenvalue weighted by atomic mass is 9.99. The van der Waals surface area contributed by atoms with Gasteiger partial charge in [-0.25, -0.2) is 4.39 Å². The van der Waals surface area contributed by atoms with Crippen molar-refractivity contribution in [2.75, 3.05) is 6.54 Å². The van der Waals surface area contributed by atoms with Gasteiger partial charge in [0.15, 0.2) is 0 Å². The summed E-state index contributed by atoms with van der Waals surface area (Å²) in [4.78, 5) is 11.5. The Labute approximate surface area is 171 Å². The molecular formula is C22H28FN5O. The summed E-state index contributed by atoms with van der Waals surface area (Å²) in [6.45, 7) is 4.05. The summed E-state index contributed by atoms with van der Waals surface area (Å²) in [5.74, 6) is 0.362. The number of carbonyl (C=O) groups excluding carboxylic acids is 1. The maximum Gasteiger partial charge on any atom is 0.238 e. The fourth-order valence-corrected chi connectivity index (χ4v) is 4.17. The lowest BCUT2D eigenvalue weighted by Crippen LogP contribution is -2.47. The highest BCUT2D eigenvalue weighted by molar-refractivity contribution is 5.82. The lowest BCUT2D eigenvalue weighted by molar-refractivity contribution is -0.123. The molecule has 1 aliphatic heterocycles. The first-order chi connectivity index (χ1) is 13.9. The molecule has 2 N–H and O–H groups in total.